The molecular weight excluding hydrogens is 226 g/mol. The highest BCUT2D eigenvalue weighted by molar-refractivity contribution is 5.49. The Hall–Kier alpha value is -1.36. The van der Waals surface area contributed by atoms with Gasteiger partial charge in [0.1, 0.15) is 17.5 Å². The number of nitrogen functional groups attached to an aromatic ring is 1. The van der Waals surface area contributed by atoms with Gasteiger partial charge in [-0.15, -0.1) is 0 Å². The second kappa shape index (κ2) is 4.09. The lowest BCUT2D eigenvalue weighted by atomic mass is 9.96. The van der Waals surface area contributed by atoms with E-state index >= 15 is 0 Å². The first-order chi connectivity index (χ1) is 8.22. The fourth-order valence-corrected chi connectivity index (χ4v) is 1.82. The molecule has 0 bridgehead atoms. The molecule has 0 saturated heterocycles. The smallest absolute Gasteiger partial charge is 0.145 e. The Balaban J connectivity index is 2.25. The molecule has 0 spiro atoms. The number of hydrazine groups is 1. The SMILES string of the molecule is CC(C)(C)c1nc(NN)cc(NC2CC2(C)C)n1. The number of nitrogens with one attached hydrogen (secondary N) is 2. The van der Waals surface area contributed by atoms with Crippen LogP contribution in [0.5, 0.6) is 0 Å². The van der Waals surface area contributed by atoms with Gasteiger partial charge >= 0.3 is 0 Å². The molecule has 1 atom stereocenters. The van der Waals surface area contributed by atoms with E-state index in [9.17, 15) is 0 Å². The number of hydrogen-bond donors (Lipinski definition) is 3. The maximum atomic E-state index is 5.46. The largest absolute Gasteiger partial charge is 0.367 e. The summed E-state index contributed by atoms with van der Waals surface area (Å²) in [5.74, 6) is 7.75. The average molecular weight is 249 g/mol. The maximum Gasteiger partial charge on any atom is 0.145 e. The first kappa shape index (κ1) is 13.1. The van der Waals surface area contributed by atoms with Crippen molar-refractivity contribution in [3.05, 3.63) is 11.9 Å². The van der Waals surface area contributed by atoms with E-state index in [-0.39, 0.29) is 5.41 Å². The molecule has 5 nitrogen and oxygen atoms in total. The molecule has 1 aliphatic rings. The van der Waals surface area contributed by atoms with E-state index in [1.807, 2.05) is 6.07 Å². The van der Waals surface area contributed by atoms with Gasteiger partial charge in [-0.25, -0.2) is 15.8 Å². The Kier molecular flexibility index (Phi) is 2.97. The minimum atomic E-state index is -0.0949. The standard InChI is InChI=1S/C13H23N5/c1-12(2,3)11-16-9(6-10(17-11)18-14)15-8-7-13(8,4)5/h6,8H,7,14H2,1-5H3,(H2,15,16,17,18). The zero-order valence-electron chi connectivity index (χ0n) is 11.8. The predicted molar refractivity (Wildman–Crippen MR) is 74.4 cm³/mol. The van der Waals surface area contributed by atoms with E-state index in [0.717, 1.165) is 11.6 Å². The van der Waals surface area contributed by atoms with E-state index in [1.54, 1.807) is 0 Å². The second-order valence-corrected chi connectivity index (χ2v) is 6.75. The van der Waals surface area contributed by atoms with Crippen molar-refractivity contribution in [2.75, 3.05) is 10.7 Å². The van der Waals surface area contributed by atoms with Crippen molar-refractivity contribution in [3.8, 4) is 0 Å². The molecule has 0 amide bonds. The van der Waals surface area contributed by atoms with Crippen molar-refractivity contribution in [2.24, 2.45) is 11.3 Å². The Morgan fingerprint density at radius 3 is 2.28 bits per heavy atom. The maximum absolute atomic E-state index is 5.46. The van der Waals surface area contributed by atoms with E-state index in [1.165, 1.54) is 6.42 Å². The number of nitrogens with zero attached hydrogens (tertiary/aromatic N) is 2. The quantitative estimate of drug-likeness (QED) is 0.566. The molecule has 1 heterocycles. The molecule has 2 rings (SSSR count). The topological polar surface area (TPSA) is 75.9 Å². The lowest BCUT2D eigenvalue weighted by molar-refractivity contribution is 0.546. The summed E-state index contributed by atoms with van der Waals surface area (Å²) >= 11 is 0. The zero-order chi connectivity index (χ0) is 13.6. The molecule has 1 aromatic heterocycles. The minimum absolute atomic E-state index is 0.0949. The number of nitrogens with two attached hydrogens (primary N) is 1. The number of hydrogen-bond acceptors (Lipinski definition) is 5. The summed E-state index contributed by atoms with van der Waals surface area (Å²) in [6, 6.07) is 2.34. The van der Waals surface area contributed by atoms with Gasteiger partial charge in [0.15, 0.2) is 0 Å². The van der Waals surface area contributed by atoms with Gasteiger partial charge in [-0.3, -0.25) is 0 Å². The highest BCUT2D eigenvalue weighted by Crippen LogP contribution is 2.46. The highest BCUT2D eigenvalue weighted by Gasteiger charge is 2.45. The van der Waals surface area contributed by atoms with E-state index in [0.29, 0.717) is 17.3 Å². The Morgan fingerprint density at radius 2 is 1.83 bits per heavy atom. The van der Waals surface area contributed by atoms with Crippen molar-refractivity contribution in [2.45, 2.75) is 52.5 Å². The molecule has 0 aromatic carbocycles. The zero-order valence-corrected chi connectivity index (χ0v) is 11.8. The third-order valence-corrected chi connectivity index (χ3v) is 3.38. The van der Waals surface area contributed by atoms with Gasteiger partial charge in [-0.2, -0.15) is 0 Å². The fourth-order valence-electron chi connectivity index (χ4n) is 1.82. The molecule has 1 aliphatic carbocycles. The van der Waals surface area contributed by atoms with Crippen molar-refractivity contribution < 1.29 is 0 Å². The van der Waals surface area contributed by atoms with E-state index < -0.39 is 0 Å². The summed E-state index contributed by atoms with van der Waals surface area (Å²) in [4.78, 5) is 8.98. The van der Waals surface area contributed by atoms with Crippen molar-refractivity contribution >= 4 is 11.6 Å². The van der Waals surface area contributed by atoms with Crippen LogP contribution in [0.3, 0.4) is 0 Å². The molecule has 100 valence electrons. The van der Waals surface area contributed by atoms with Gasteiger partial charge in [0, 0.05) is 17.5 Å². The molecule has 4 N–H and O–H groups in total. The lowest BCUT2D eigenvalue weighted by Gasteiger charge is -2.19. The monoisotopic (exact) mass is 249 g/mol. The van der Waals surface area contributed by atoms with E-state index in [4.69, 9.17) is 5.84 Å². The first-order valence-electron chi connectivity index (χ1n) is 6.35. The molecule has 1 saturated carbocycles. The summed E-state index contributed by atoms with van der Waals surface area (Å²) < 4.78 is 0. The van der Waals surface area contributed by atoms with Gasteiger partial charge in [0.25, 0.3) is 0 Å². The number of rotatable bonds is 3. The summed E-state index contributed by atoms with van der Waals surface area (Å²) in [7, 11) is 0. The highest BCUT2D eigenvalue weighted by atomic mass is 15.3. The van der Waals surface area contributed by atoms with Gasteiger partial charge in [-0.1, -0.05) is 34.6 Å². The van der Waals surface area contributed by atoms with Gasteiger partial charge in [0.2, 0.25) is 0 Å². The summed E-state index contributed by atoms with van der Waals surface area (Å²) in [6.45, 7) is 10.8. The molecule has 1 aromatic rings. The number of anilines is 2. The van der Waals surface area contributed by atoms with Crippen LogP contribution in [-0.2, 0) is 5.41 Å². The van der Waals surface area contributed by atoms with Gasteiger partial charge < -0.3 is 10.7 Å². The average Bonchev–Trinajstić information content (AvgIpc) is 2.84. The van der Waals surface area contributed by atoms with Crippen LogP contribution in [0.25, 0.3) is 0 Å². The van der Waals surface area contributed by atoms with Crippen molar-refractivity contribution in [1.82, 2.24) is 9.97 Å². The fraction of sp³-hybridized carbons (Fsp3) is 0.692. The molecule has 18 heavy (non-hydrogen) atoms. The van der Waals surface area contributed by atoms with Crippen molar-refractivity contribution in [3.63, 3.8) is 0 Å². The van der Waals surface area contributed by atoms with E-state index in [2.05, 4.69) is 55.3 Å². The van der Waals surface area contributed by atoms with Crippen LogP contribution in [0.1, 0.15) is 46.9 Å². The van der Waals surface area contributed by atoms with Crippen LogP contribution in [-0.4, -0.2) is 16.0 Å². The predicted octanol–water partition coefficient (Wildman–Crippen LogP) is 2.27. The lowest BCUT2D eigenvalue weighted by Crippen LogP contribution is -2.20. The molecule has 0 radical (unpaired) electrons. The van der Waals surface area contributed by atoms with Crippen LogP contribution in [0.15, 0.2) is 6.07 Å². The third kappa shape index (κ3) is 2.72. The van der Waals surface area contributed by atoms with Gasteiger partial charge in [0.05, 0.1) is 0 Å². The van der Waals surface area contributed by atoms with Crippen molar-refractivity contribution in [1.29, 1.82) is 0 Å². The number of aromatic nitrogens is 2. The summed E-state index contributed by atoms with van der Waals surface area (Å²) in [5, 5.41) is 3.45. The van der Waals surface area contributed by atoms with Crippen LogP contribution in [0.2, 0.25) is 0 Å². The third-order valence-electron chi connectivity index (χ3n) is 3.38. The van der Waals surface area contributed by atoms with Crippen LogP contribution in [0.4, 0.5) is 11.6 Å². The normalized spacial score (nSPS) is 21.6. The Morgan fingerprint density at radius 1 is 1.28 bits per heavy atom. The molecular formula is C13H23N5. The second-order valence-electron chi connectivity index (χ2n) is 6.75. The Bertz CT molecular complexity index is 447. The summed E-state index contributed by atoms with van der Waals surface area (Å²) in [5.41, 5.74) is 2.87. The molecule has 1 fully saturated rings. The van der Waals surface area contributed by atoms with Crippen LogP contribution >= 0.6 is 0 Å². The van der Waals surface area contributed by atoms with Crippen LogP contribution < -0.4 is 16.6 Å². The molecule has 0 aliphatic heterocycles. The Labute approximate surface area is 109 Å². The van der Waals surface area contributed by atoms with Crippen LogP contribution in [0, 0.1) is 5.41 Å². The van der Waals surface area contributed by atoms with Gasteiger partial charge in [-0.05, 0) is 11.8 Å². The molecule has 1 unspecified atom stereocenters. The molecule has 5 heteroatoms. The summed E-state index contributed by atoms with van der Waals surface area (Å²) in [6.07, 6.45) is 1.17. The first-order valence-corrected chi connectivity index (χ1v) is 6.35. The minimum Gasteiger partial charge on any atom is -0.367 e.